The van der Waals surface area contributed by atoms with Gasteiger partial charge in [0.1, 0.15) is 17.4 Å². The molecule has 1 fully saturated rings. The first kappa shape index (κ1) is 17.6. The molecule has 1 aliphatic heterocycles. The average molecular weight is 346 g/mol. The Morgan fingerprint density at radius 2 is 2.20 bits per heavy atom. The second-order valence-electron chi connectivity index (χ2n) is 7.06. The smallest absolute Gasteiger partial charge is 0.230 e. The second kappa shape index (κ2) is 7.35. The zero-order chi connectivity index (χ0) is 18.0. The first-order valence-electron chi connectivity index (χ1n) is 8.67. The average Bonchev–Trinajstić information content (AvgIpc) is 3.13. The molecule has 0 saturated carbocycles. The number of hydrogen-bond acceptors (Lipinski definition) is 6. The Kier molecular flexibility index (Phi) is 5.17. The third-order valence-corrected chi connectivity index (χ3v) is 4.60. The number of carbonyl (C=O) groups excluding carboxylic acids is 1. The summed E-state index contributed by atoms with van der Waals surface area (Å²) >= 11 is 0. The van der Waals surface area contributed by atoms with Crippen LogP contribution in [0.25, 0.3) is 0 Å². The number of carbonyl (C=O) groups is 1. The molecule has 136 valence electrons. The Morgan fingerprint density at radius 1 is 1.40 bits per heavy atom. The van der Waals surface area contributed by atoms with Crippen molar-refractivity contribution in [2.45, 2.75) is 38.6 Å². The third-order valence-electron chi connectivity index (χ3n) is 4.60. The molecule has 2 aromatic rings. The fourth-order valence-electron chi connectivity index (χ4n) is 3.33. The third kappa shape index (κ3) is 4.07. The number of aryl methyl sites for hydroxylation is 1. The number of aromatic nitrogens is 4. The van der Waals surface area contributed by atoms with E-state index >= 15 is 0 Å². The molecular formula is C17H26N6O2. The molecule has 25 heavy (non-hydrogen) atoms. The van der Waals surface area contributed by atoms with Crippen LogP contribution in [0.4, 0.5) is 0 Å². The quantitative estimate of drug-likeness (QED) is 0.807. The van der Waals surface area contributed by atoms with Gasteiger partial charge in [-0.05, 0) is 33.9 Å². The Bertz CT molecular complexity index is 735. The molecule has 3 rings (SSSR count). The Morgan fingerprint density at radius 3 is 2.88 bits per heavy atom. The van der Waals surface area contributed by atoms with Crippen molar-refractivity contribution >= 4 is 5.91 Å². The van der Waals surface area contributed by atoms with Crippen molar-refractivity contribution in [2.75, 3.05) is 27.2 Å². The van der Waals surface area contributed by atoms with Crippen molar-refractivity contribution in [3.05, 3.63) is 29.2 Å². The Balaban J connectivity index is 1.66. The first-order valence-corrected chi connectivity index (χ1v) is 8.67. The molecule has 0 N–H and O–H groups in total. The van der Waals surface area contributed by atoms with Gasteiger partial charge in [-0.25, -0.2) is 0 Å². The molecule has 1 atom stereocenters. The van der Waals surface area contributed by atoms with Crippen LogP contribution in [0.5, 0.6) is 0 Å². The van der Waals surface area contributed by atoms with Crippen LogP contribution in [0.3, 0.4) is 0 Å². The maximum Gasteiger partial charge on any atom is 0.230 e. The summed E-state index contributed by atoms with van der Waals surface area (Å²) in [6, 6.07) is 1.82. The molecule has 0 aromatic carbocycles. The molecule has 0 aliphatic carbocycles. The van der Waals surface area contributed by atoms with Crippen LogP contribution in [0, 0.1) is 6.92 Å². The summed E-state index contributed by atoms with van der Waals surface area (Å²) in [4.78, 5) is 16.6. The molecule has 0 radical (unpaired) electrons. The summed E-state index contributed by atoms with van der Waals surface area (Å²) < 4.78 is 7.24. The minimum absolute atomic E-state index is 0.0801. The van der Waals surface area contributed by atoms with Gasteiger partial charge in [0.05, 0.1) is 18.7 Å². The van der Waals surface area contributed by atoms with Gasteiger partial charge < -0.3 is 18.9 Å². The molecule has 3 heterocycles. The summed E-state index contributed by atoms with van der Waals surface area (Å²) in [5, 5.41) is 12.6. The molecule has 0 bridgehead atoms. The van der Waals surface area contributed by atoms with E-state index < -0.39 is 0 Å². The van der Waals surface area contributed by atoms with E-state index in [1.54, 1.807) is 0 Å². The summed E-state index contributed by atoms with van der Waals surface area (Å²) in [6.07, 6.45) is 2.26. The predicted octanol–water partition coefficient (Wildman–Crippen LogP) is 1.12. The highest BCUT2D eigenvalue weighted by atomic mass is 16.5. The highest BCUT2D eigenvalue weighted by Gasteiger charge is 2.28. The first-order chi connectivity index (χ1) is 11.9. The van der Waals surface area contributed by atoms with E-state index in [0.29, 0.717) is 12.3 Å². The topological polar surface area (TPSA) is 80.3 Å². The SMILES string of the molecule is Cc1cc(CC(=O)N2CCCC(c3nnc(CN(C)C)n3C)C2)on1. The monoisotopic (exact) mass is 346 g/mol. The minimum Gasteiger partial charge on any atom is -0.361 e. The van der Waals surface area contributed by atoms with E-state index in [-0.39, 0.29) is 18.2 Å². The predicted molar refractivity (Wildman–Crippen MR) is 91.9 cm³/mol. The summed E-state index contributed by atoms with van der Waals surface area (Å²) in [5.41, 5.74) is 0.798. The van der Waals surface area contributed by atoms with Gasteiger partial charge in [0.25, 0.3) is 0 Å². The van der Waals surface area contributed by atoms with Crippen molar-refractivity contribution in [3.8, 4) is 0 Å². The molecule has 2 aromatic heterocycles. The lowest BCUT2D eigenvalue weighted by molar-refractivity contribution is -0.132. The van der Waals surface area contributed by atoms with Crippen LogP contribution >= 0.6 is 0 Å². The number of likely N-dealkylation sites (tertiary alicyclic amines) is 1. The molecular weight excluding hydrogens is 320 g/mol. The van der Waals surface area contributed by atoms with Crippen molar-refractivity contribution in [1.29, 1.82) is 0 Å². The van der Waals surface area contributed by atoms with Gasteiger partial charge in [-0.15, -0.1) is 10.2 Å². The lowest BCUT2D eigenvalue weighted by Crippen LogP contribution is -2.40. The fourth-order valence-corrected chi connectivity index (χ4v) is 3.33. The van der Waals surface area contributed by atoms with Gasteiger partial charge >= 0.3 is 0 Å². The van der Waals surface area contributed by atoms with E-state index in [1.165, 1.54) is 0 Å². The van der Waals surface area contributed by atoms with Crippen LogP contribution in [0.15, 0.2) is 10.6 Å². The molecule has 1 aliphatic rings. The van der Waals surface area contributed by atoms with Gasteiger partial charge in [0.2, 0.25) is 5.91 Å². The normalized spacial score (nSPS) is 18.1. The van der Waals surface area contributed by atoms with E-state index in [2.05, 4.69) is 24.8 Å². The number of amides is 1. The Labute approximate surface area is 147 Å². The zero-order valence-electron chi connectivity index (χ0n) is 15.4. The van der Waals surface area contributed by atoms with Crippen molar-refractivity contribution in [1.82, 2.24) is 29.7 Å². The van der Waals surface area contributed by atoms with Gasteiger partial charge in [-0.3, -0.25) is 4.79 Å². The summed E-state index contributed by atoms with van der Waals surface area (Å²) in [6.45, 7) is 4.07. The summed E-state index contributed by atoms with van der Waals surface area (Å²) in [7, 11) is 6.04. The lowest BCUT2D eigenvalue weighted by Gasteiger charge is -2.32. The Hall–Kier alpha value is -2.22. The minimum atomic E-state index is 0.0801. The van der Waals surface area contributed by atoms with Crippen molar-refractivity contribution in [2.24, 2.45) is 7.05 Å². The van der Waals surface area contributed by atoms with E-state index in [4.69, 9.17) is 4.52 Å². The molecule has 0 spiro atoms. The highest BCUT2D eigenvalue weighted by molar-refractivity contribution is 5.78. The maximum atomic E-state index is 12.6. The standard InChI is InChI=1S/C17H26N6O2/c1-12-8-14(25-20-12)9-16(24)23-7-5-6-13(10-23)17-19-18-15(22(17)4)11-21(2)3/h8,13H,5-7,9-11H2,1-4H3. The number of nitrogens with zero attached hydrogens (tertiary/aromatic N) is 6. The van der Waals surface area contributed by atoms with E-state index in [9.17, 15) is 4.79 Å². The fraction of sp³-hybridized carbons (Fsp3) is 0.647. The molecule has 1 amide bonds. The molecule has 1 unspecified atom stereocenters. The molecule has 8 heteroatoms. The molecule has 8 nitrogen and oxygen atoms in total. The van der Waals surface area contributed by atoms with Gasteiger partial charge in [-0.2, -0.15) is 0 Å². The second-order valence-corrected chi connectivity index (χ2v) is 7.06. The van der Waals surface area contributed by atoms with Gasteiger partial charge in [0.15, 0.2) is 0 Å². The maximum absolute atomic E-state index is 12.6. The van der Waals surface area contributed by atoms with Crippen LogP contribution < -0.4 is 0 Å². The molecule has 1 saturated heterocycles. The number of piperidine rings is 1. The highest BCUT2D eigenvalue weighted by Crippen LogP contribution is 2.26. The van der Waals surface area contributed by atoms with E-state index in [1.807, 2.05) is 39.0 Å². The number of rotatable bonds is 5. The lowest BCUT2D eigenvalue weighted by atomic mass is 9.96. The largest absolute Gasteiger partial charge is 0.361 e. The zero-order valence-corrected chi connectivity index (χ0v) is 15.4. The van der Waals surface area contributed by atoms with Crippen LogP contribution in [-0.4, -0.2) is 62.8 Å². The van der Waals surface area contributed by atoms with Crippen LogP contribution in [-0.2, 0) is 24.8 Å². The van der Waals surface area contributed by atoms with Gasteiger partial charge in [0, 0.05) is 32.1 Å². The van der Waals surface area contributed by atoms with Gasteiger partial charge in [-0.1, -0.05) is 5.16 Å². The van der Waals surface area contributed by atoms with E-state index in [0.717, 1.165) is 43.3 Å². The van der Waals surface area contributed by atoms with Crippen molar-refractivity contribution in [3.63, 3.8) is 0 Å². The number of hydrogen-bond donors (Lipinski definition) is 0. The van der Waals surface area contributed by atoms with Crippen LogP contribution in [0.2, 0.25) is 0 Å². The van der Waals surface area contributed by atoms with Crippen LogP contribution in [0.1, 0.15) is 41.9 Å². The summed E-state index contributed by atoms with van der Waals surface area (Å²) in [5.74, 6) is 2.83. The van der Waals surface area contributed by atoms with Crippen molar-refractivity contribution < 1.29 is 9.32 Å².